The van der Waals surface area contributed by atoms with Crippen molar-refractivity contribution in [2.24, 2.45) is 0 Å². The van der Waals surface area contributed by atoms with E-state index in [2.05, 4.69) is 0 Å². The summed E-state index contributed by atoms with van der Waals surface area (Å²) in [6.45, 7) is 2.22. The first kappa shape index (κ1) is 12.9. The second-order valence-electron chi connectivity index (χ2n) is 4.90. The van der Waals surface area contributed by atoms with Crippen LogP contribution in [0.2, 0.25) is 0 Å². The van der Waals surface area contributed by atoms with E-state index in [9.17, 15) is 4.79 Å². The SMILES string of the molecule is CN(C)CCC(=O)N1CC(Oc2ccccc2)C1. The average molecular weight is 248 g/mol. The van der Waals surface area contributed by atoms with Crippen molar-refractivity contribution in [3.8, 4) is 5.75 Å². The lowest BCUT2D eigenvalue weighted by Crippen LogP contribution is -2.56. The topological polar surface area (TPSA) is 32.8 Å². The van der Waals surface area contributed by atoms with Crippen LogP contribution in [-0.2, 0) is 4.79 Å². The van der Waals surface area contributed by atoms with Gasteiger partial charge in [0, 0.05) is 13.0 Å². The molecule has 0 spiro atoms. The third-order valence-corrected chi connectivity index (χ3v) is 3.02. The van der Waals surface area contributed by atoms with Crippen LogP contribution in [0.5, 0.6) is 5.75 Å². The zero-order valence-corrected chi connectivity index (χ0v) is 11.0. The minimum atomic E-state index is 0.149. The third-order valence-electron chi connectivity index (χ3n) is 3.02. The number of rotatable bonds is 5. The van der Waals surface area contributed by atoms with Gasteiger partial charge in [-0.15, -0.1) is 0 Å². The van der Waals surface area contributed by atoms with Crippen LogP contribution in [0, 0.1) is 0 Å². The van der Waals surface area contributed by atoms with Crippen molar-refractivity contribution in [1.29, 1.82) is 0 Å². The molecule has 0 aromatic heterocycles. The van der Waals surface area contributed by atoms with Crippen molar-refractivity contribution in [3.63, 3.8) is 0 Å². The second-order valence-corrected chi connectivity index (χ2v) is 4.90. The highest BCUT2D eigenvalue weighted by Gasteiger charge is 2.31. The maximum Gasteiger partial charge on any atom is 0.224 e. The van der Waals surface area contributed by atoms with Gasteiger partial charge < -0.3 is 14.5 Å². The number of benzene rings is 1. The van der Waals surface area contributed by atoms with Gasteiger partial charge in [-0.3, -0.25) is 4.79 Å². The van der Waals surface area contributed by atoms with E-state index in [0.29, 0.717) is 19.5 Å². The number of para-hydroxylation sites is 1. The van der Waals surface area contributed by atoms with Crippen LogP contribution >= 0.6 is 0 Å². The van der Waals surface area contributed by atoms with Crippen LogP contribution in [-0.4, -0.2) is 55.5 Å². The van der Waals surface area contributed by atoms with E-state index in [1.807, 2.05) is 54.2 Å². The van der Waals surface area contributed by atoms with Crippen molar-refractivity contribution in [2.45, 2.75) is 12.5 Å². The lowest BCUT2D eigenvalue weighted by Gasteiger charge is -2.39. The average Bonchev–Trinajstić information content (AvgIpc) is 2.31. The van der Waals surface area contributed by atoms with Crippen LogP contribution < -0.4 is 4.74 Å². The predicted octanol–water partition coefficient (Wildman–Crippen LogP) is 1.23. The Morgan fingerprint density at radius 3 is 2.61 bits per heavy atom. The quantitative estimate of drug-likeness (QED) is 0.785. The standard InChI is InChI=1S/C14H20N2O2/c1-15(2)9-8-14(17)16-10-13(11-16)18-12-6-4-3-5-7-12/h3-7,13H,8-11H2,1-2H3. The number of hydrogen-bond donors (Lipinski definition) is 0. The molecule has 1 aromatic rings. The highest BCUT2D eigenvalue weighted by atomic mass is 16.5. The summed E-state index contributed by atoms with van der Waals surface area (Å²) >= 11 is 0. The summed E-state index contributed by atoms with van der Waals surface area (Å²) in [5, 5.41) is 0. The van der Waals surface area contributed by atoms with Gasteiger partial charge in [-0.2, -0.15) is 0 Å². The van der Waals surface area contributed by atoms with Gasteiger partial charge in [0.15, 0.2) is 0 Å². The largest absolute Gasteiger partial charge is 0.487 e. The van der Waals surface area contributed by atoms with E-state index in [1.165, 1.54) is 0 Å². The fraction of sp³-hybridized carbons (Fsp3) is 0.500. The molecular formula is C14H20N2O2. The van der Waals surface area contributed by atoms with Crippen molar-refractivity contribution < 1.29 is 9.53 Å². The van der Waals surface area contributed by atoms with Crippen LogP contribution in [0.4, 0.5) is 0 Å². The summed E-state index contributed by atoms with van der Waals surface area (Å²) in [6, 6.07) is 9.75. The zero-order valence-electron chi connectivity index (χ0n) is 11.0. The third kappa shape index (κ3) is 3.47. The van der Waals surface area contributed by atoms with Crippen molar-refractivity contribution in [2.75, 3.05) is 33.7 Å². The van der Waals surface area contributed by atoms with Gasteiger partial charge >= 0.3 is 0 Å². The molecule has 4 heteroatoms. The first-order valence-electron chi connectivity index (χ1n) is 6.29. The highest BCUT2D eigenvalue weighted by molar-refractivity contribution is 5.77. The van der Waals surface area contributed by atoms with Crippen molar-refractivity contribution in [1.82, 2.24) is 9.80 Å². The molecule has 0 atom stereocenters. The summed E-state index contributed by atoms with van der Waals surface area (Å²) in [5.74, 6) is 1.10. The Morgan fingerprint density at radius 2 is 2.00 bits per heavy atom. The number of hydrogen-bond acceptors (Lipinski definition) is 3. The van der Waals surface area contributed by atoms with Crippen LogP contribution in [0.15, 0.2) is 30.3 Å². The van der Waals surface area contributed by atoms with Crippen molar-refractivity contribution in [3.05, 3.63) is 30.3 Å². The maximum atomic E-state index is 11.8. The molecule has 98 valence electrons. The van der Waals surface area contributed by atoms with E-state index < -0.39 is 0 Å². The fourth-order valence-corrected chi connectivity index (χ4v) is 1.89. The lowest BCUT2D eigenvalue weighted by atomic mass is 10.1. The second kappa shape index (κ2) is 5.87. The highest BCUT2D eigenvalue weighted by Crippen LogP contribution is 2.18. The molecule has 1 aliphatic heterocycles. The Morgan fingerprint density at radius 1 is 1.33 bits per heavy atom. The molecule has 0 aliphatic carbocycles. The molecule has 1 saturated heterocycles. The molecule has 0 bridgehead atoms. The predicted molar refractivity (Wildman–Crippen MR) is 70.6 cm³/mol. The van der Waals surface area contributed by atoms with Crippen LogP contribution in [0.3, 0.4) is 0 Å². The fourth-order valence-electron chi connectivity index (χ4n) is 1.89. The minimum Gasteiger partial charge on any atom is -0.487 e. The minimum absolute atomic E-state index is 0.149. The molecule has 0 N–H and O–H groups in total. The molecule has 1 aromatic carbocycles. The molecule has 2 rings (SSSR count). The van der Waals surface area contributed by atoms with E-state index in [-0.39, 0.29) is 12.0 Å². The van der Waals surface area contributed by atoms with E-state index in [0.717, 1.165) is 12.3 Å². The van der Waals surface area contributed by atoms with Gasteiger partial charge in [-0.1, -0.05) is 18.2 Å². The van der Waals surface area contributed by atoms with E-state index in [1.54, 1.807) is 0 Å². The van der Waals surface area contributed by atoms with Crippen molar-refractivity contribution >= 4 is 5.91 Å². The van der Waals surface area contributed by atoms with E-state index >= 15 is 0 Å². The number of likely N-dealkylation sites (tertiary alicyclic amines) is 1. The molecule has 0 radical (unpaired) electrons. The van der Waals surface area contributed by atoms with Gasteiger partial charge in [0.25, 0.3) is 0 Å². The maximum absolute atomic E-state index is 11.8. The van der Waals surface area contributed by atoms with Gasteiger partial charge in [-0.25, -0.2) is 0 Å². The monoisotopic (exact) mass is 248 g/mol. The lowest BCUT2D eigenvalue weighted by molar-refractivity contribution is -0.140. The summed E-state index contributed by atoms with van der Waals surface area (Å²) < 4.78 is 5.75. The first-order chi connectivity index (χ1) is 8.65. The molecule has 1 amide bonds. The number of carbonyl (C=O) groups excluding carboxylic acids is 1. The molecule has 1 heterocycles. The van der Waals surface area contributed by atoms with Gasteiger partial charge in [0.2, 0.25) is 5.91 Å². The Balaban J connectivity index is 1.69. The summed E-state index contributed by atoms with van der Waals surface area (Å²) in [5.41, 5.74) is 0. The summed E-state index contributed by atoms with van der Waals surface area (Å²) in [7, 11) is 3.95. The Kier molecular flexibility index (Phi) is 4.20. The normalized spacial score (nSPS) is 15.6. The number of amides is 1. The van der Waals surface area contributed by atoms with Gasteiger partial charge in [0.1, 0.15) is 11.9 Å². The molecule has 0 unspecified atom stereocenters. The first-order valence-corrected chi connectivity index (χ1v) is 6.29. The van der Waals surface area contributed by atoms with Crippen LogP contribution in [0.1, 0.15) is 6.42 Å². The number of ether oxygens (including phenoxy) is 1. The summed E-state index contributed by atoms with van der Waals surface area (Å²) in [6.07, 6.45) is 0.737. The molecular weight excluding hydrogens is 228 g/mol. The number of nitrogens with zero attached hydrogens (tertiary/aromatic N) is 2. The smallest absolute Gasteiger partial charge is 0.224 e. The molecule has 18 heavy (non-hydrogen) atoms. The van der Waals surface area contributed by atoms with Crippen LogP contribution in [0.25, 0.3) is 0 Å². The van der Waals surface area contributed by atoms with Gasteiger partial charge in [0.05, 0.1) is 13.1 Å². The Hall–Kier alpha value is -1.55. The molecule has 1 fully saturated rings. The Labute approximate surface area is 108 Å². The zero-order chi connectivity index (χ0) is 13.0. The number of carbonyl (C=O) groups is 1. The molecule has 1 aliphatic rings. The van der Waals surface area contributed by atoms with Gasteiger partial charge in [-0.05, 0) is 26.2 Å². The van der Waals surface area contributed by atoms with E-state index in [4.69, 9.17) is 4.74 Å². The molecule has 4 nitrogen and oxygen atoms in total. The molecule has 0 saturated carbocycles. The summed E-state index contributed by atoms with van der Waals surface area (Å²) in [4.78, 5) is 15.7. The Bertz CT molecular complexity index is 386.